The predicted octanol–water partition coefficient (Wildman–Crippen LogP) is 3.57. The van der Waals surface area contributed by atoms with Crippen LogP contribution >= 0.6 is 11.6 Å². The van der Waals surface area contributed by atoms with E-state index in [1.54, 1.807) is 30.3 Å². The lowest BCUT2D eigenvalue weighted by Crippen LogP contribution is -2.35. The van der Waals surface area contributed by atoms with E-state index in [9.17, 15) is 18.0 Å². The van der Waals surface area contributed by atoms with Gasteiger partial charge in [-0.3, -0.25) is 9.59 Å². The monoisotopic (exact) mass is 461 g/mol. The number of anilines is 2. The molecule has 2 fully saturated rings. The zero-order valence-electron chi connectivity index (χ0n) is 17.2. The molecule has 31 heavy (non-hydrogen) atoms. The summed E-state index contributed by atoms with van der Waals surface area (Å²) in [5.74, 6) is -0.679. The van der Waals surface area contributed by atoms with Crippen molar-refractivity contribution in [1.29, 1.82) is 0 Å². The van der Waals surface area contributed by atoms with Gasteiger partial charge < -0.3 is 5.32 Å². The van der Waals surface area contributed by atoms with Crippen molar-refractivity contribution in [2.24, 2.45) is 0 Å². The molecular weight excluding hydrogens is 438 g/mol. The molecule has 2 heterocycles. The van der Waals surface area contributed by atoms with Gasteiger partial charge in [-0.15, -0.1) is 0 Å². The minimum atomic E-state index is -3.51. The fourth-order valence-electron chi connectivity index (χ4n) is 3.92. The molecular formula is C22H24ClN3O4S. The van der Waals surface area contributed by atoms with Crippen molar-refractivity contribution in [1.82, 2.24) is 4.31 Å². The van der Waals surface area contributed by atoms with Gasteiger partial charge in [0, 0.05) is 23.8 Å². The van der Waals surface area contributed by atoms with E-state index < -0.39 is 16.1 Å². The topological polar surface area (TPSA) is 86.8 Å². The molecule has 0 spiro atoms. The quantitative estimate of drug-likeness (QED) is 0.688. The van der Waals surface area contributed by atoms with Gasteiger partial charge in [-0.1, -0.05) is 24.1 Å². The summed E-state index contributed by atoms with van der Waals surface area (Å²) < 4.78 is 27.1. The summed E-state index contributed by atoms with van der Waals surface area (Å²) >= 11 is 6.14. The van der Waals surface area contributed by atoms with Crippen LogP contribution in [0.25, 0.3) is 0 Å². The summed E-state index contributed by atoms with van der Waals surface area (Å²) in [6.07, 6.45) is 2.81. The van der Waals surface area contributed by atoms with Crippen molar-refractivity contribution in [3.63, 3.8) is 0 Å². The van der Waals surface area contributed by atoms with Crippen LogP contribution in [0.15, 0.2) is 47.4 Å². The number of halogens is 1. The van der Waals surface area contributed by atoms with Crippen molar-refractivity contribution in [3.8, 4) is 0 Å². The maximum atomic E-state index is 12.8. The third kappa shape index (κ3) is 4.33. The molecule has 1 atom stereocenters. The van der Waals surface area contributed by atoms with Crippen LogP contribution in [0, 0.1) is 6.92 Å². The number of hydrogen-bond donors (Lipinski definition) is 1. The normalized spacial score (nSPS) is 20.3. The average molecular weight is 462 g/mol. The highest BCUT2D eigenvalue weighted by atomic mass is 35.5. The van der Waals surface area contributed by atoms with Crippen LogP contribution in [0.1, 0.15) is 31.2 Å². The van der Waals surface area contributed by atoms with E-state index in [-0.39, 0.29) is 23.1 Å². The number of benzene rings is 2. The van der Waals surface area contributed by atoms with Crippen molar-refractivity contribution >= 4 is 44.8 Å². The van der Waals surface area contributed by atoms with Gasteiger partial charge in [0.05, 0.1) is 17.0 Å². The fraction of sp³-hybridized carbons (Fsp3) is 0.364. The number of imide groups is 1. The van der Waals surface area contributed by atoms with Crippen molar-refractivity contribution in [2.45, 2.75) is 43.5 Å². The number of amides is 2. The van der Waals surface area contributed by atoms with Gasteiger partial charge in [-0.25, -0.2) is 13.3 Å². The molecule has 4 rings (SSSR count). The molecule has 2 amide bonds. The summed E-state index contributed by atoms with van der Waals surface area (Å²) in [5.41, 5.74) is 1.88. The molecule has 0 bridgehead atoms. The Labute approximate surface area is 187 Å². The molecule has 2 aliphatic heterocycles. The van der Waals surface area contributed by atoms with Crippen LogP contribution in [0.5, 0.6) is 0 Å². The van der Waals surface area contributed by atoms with Gasteiger partial charge in [0.1, 0.15) is 6.04 Å². The Bertz CT molecular complexity index is 1110. The Hall–Kier alpha value is -2.42. The Morgan fingerprint density at radius 3 is 2.32 bits per heavy atom. The van der Waals surface area contributed by atoms with E-state index in [2.05, 4.69) is 5.32 Å². The Morgan fingerprint density at radius 1 is 1.00 bits per heavy atom. The number of carbonyl (C=O) groups is 2. The molecule has 164 valence electrons. The van der Waals surface area contributed by atoms with Gasteiger partial charge in [-0.2, -0.15) is 4.31 Å². The fourth-order valence-corrected chi connectivity index (χ4v) is 5.61. The number of carbonyl (C=O) groups excluding carboxylic acids is 2. The van der Waals surface area contributed by atoms with Crippen LogP contribution in [0.3, 0.4) is 0 Å². The summed E-state index contributed by atoms with van der Waals surface area (Å²) in [7, 11) is -3.51. The van der Waals surface area contributed by atoms with Gasteiger partial charge in [0.15, 0.2) is 0 Å². The highest BCUT2D eigenvalue weighted by molar-refractivity contribution is 7.89. The van der Waals surface area contributed by atoms with Crippen LogP contribution in [-0.4, -0.2) is 43.7 Å². The zero-order chi connectivity index (χ0) is 22.2. The Kier molecular flexibility index (Phi) is 6.05. The minimum Gasteiger partial charge on any atom is -0.373 e. The van der Waals surface area contributed by atoms with E-state index in [4.69, 9.17) is 11.6 Å². The molecule has 9 heteroatoms. The van der Waals surface area contributed by atoms with Gasteiger partial charge >= 0.3 is 0 Å². The molecule has 2 aromatic carbocycles. The maximum absolute atomic E-state index is 12.8. The number of nitrogens with one attached hydrogen (secondary N) is 1. The minimum absolute atomic E-state index is 0.0121. The molecule has 0 aliphatic carbocycles. The second kappa shape index (κ2) is 8.61. The van der Waals surface area contributed by atoms with E-state index in [0.717, 1.165) is 29.7 Å². The lowest BCUT2D eigenvalue weighted by atomic mass is 10.2. The highest BCUT2D eigenvalue weighted by Gasteiger charge is 2.39. The first kappa shape index (κ1) is 21.8. The van der Waals surface area contributed by atoms with Crippen LogP contribution in [0.2, 0.25) is 5.02 Å². The Morgan fingerprint density at radius 2 is 1.68 bits per heavy atom. The van der Waals surface area contributed by atoms with Gasteiger partial charge in [0.25, 0.3) is 5.91 Å². The lowest BCUT2D eigenvalue weighted by molar-refractivity contribution is -0.121. The molecule has 7 nitrogen and oxygen atoms in total. The van der Waals surface area contributed by atoms with E-state index in [0.29, 0.717) is 29.5 Å². The molecule has 2 aromatic rings. The number of rotatable bonds is 5. The SMILES string of the molecule is Cc1ccc(N2C(=O)C[C@@H](Nc3ccc(S(=O)(=O)N4CCCCC4)cc3)C2=O)cc1Cl. The van der Waals surface area contributed by atoms with Crippen molar-refractivity contribution in [3.05, 3.63) is 53.1 Å². The van der Waals surface area contributed by atoms with Crippen LogP contribution in [0.4, 0.5) is 11.4 Å². The number of nitrogens with zero attached hydrogens (tertiary/aromatic N) is 2. The van der Waals surface area contributed by atoms with E-state index >= 15 is 0 Å². The third-order valence-electron chi connectivity index (χ3n) is 5.71. The molecule has 0 unspecified atom stereocenters. The molecule has 0 saturated carbocycles. The van der Waals surface area contributed by atoms with Crippen molar-refractivity contribution < 1.29 is 18.0 Å². The standard InChI is InChI=1S/C22H24ClN3O4S/c1-15-5-8-17(13-19(15)23)26-21(27)14-20(22(26)28)24-16-6-9-18(10-7-16)31(29,30)25-11-3-2-4-12-25/h5-10,13,20,24H,2-4,11-12,14H2,1H3/t20-/m1/s1. The van der Waals surface area contributed by atoms with E-state index in [1.165, 1.54) is 16.4 Å². The average Bonchev–Trinajstić information content (AvgIpc) is 3.04. The van der Waals surface area contributed by atoms with E-state index in [1.807, 2.05) is 6.92 Å². The smallest absolute Gasteiger partial charge is 0.256 e. The maximum Gasteiger partial charge on any atom is 0.256 e. The predicted molar refractivity (Wildman–Crippen MR) is 120 cm³/mol. The molecule has 2 aliphatic rings. The van der Waals surface area contributed by atoms with Crippen molar-refractivity contribution in [2.75, 3.05) is 23.3 Å². The summed E-state index contributed by atoms with van der Waals surface area (Å²) in [6.45, 7) is 2.93. The summed E-state index contributed by atoms with van der Waals surface area (Å²) in [5, 5.41) is 3.54. The Balaban J connectivity index is 1.47. The number of hydrogen-bond acceptors (Lipinski definition) is 5. The number of sulfonamides is 1. The van der Waals surface area contributed by atoms with Crippen LogP contribution in [-0.2, 0) is 19.6 Å². The largest absolute Gasteiger partial charge is 0.373 e. The third-order valence-corrected chi connectivity index (χ3v) is 8.03. The first-order valence-electron chi connectivity index (χ1n) is 10.3. The number of aryl methyl sites for hydroxylation is 1. The van der Waals surface area contributed by atoms with Crippen LogP contribution < -0.4 is 10.2 Å². The summed E-state index contributed by atoms with van der Waals surface area (Å²) in [4.78, 5) is 26.7. The van der Waals surface area contributed by atoms with Gasteiger partial charge in [0.2, 0.25) is 15.9 Å². The second-order valence-corrected chi connectivity index (χ2v) is 10.2. The zero-order valence-corrected chi connectivity index (χ0v) is 18.7. The summed E-state index contributed by atoms with van der Waals surface area (Å²) in [6, 6.07) is 10.7. The molecule has 1 N–H and O–H groups in total. The molecule has 0 aromatic heterocycles. The van der Waals surface area contributed by atoms with Gasteiger partial charge in [-0.05, 0) is 61.7 Å². The molecule has 2 saturated heterocycles. The highest BCUT2D eigenvalue weighted by Crippen LogP contribution is 2.29. The number of piperidine rings is 1. The first-order chi connectivity index (χ1) is 14.8. The molecule has 0 radical (unpaired) electrons. The second-order valence-electron chi connectivity index (χ2n) is 7.89. The lowest BCUT2D eigenvalue weighted by Gasteiger charge is -2.26. The first-order valence-corrected chi connectivity index (χ1v) is 12.1.